The summed E-state index contributed by atoms with van der Waals surface area (Å²) in [6.07, 6.45) is 1.83. The quantitative estimate of drug-likeness (QED) is 0.349. The molecule has 2 nitrogen and oxygen atoms in total. The van der Waals surface area contributed by atoms with Crippen molar-refractivity contribution in [2.45, 2.75) is 23.9 Å². The molecule has 2 atom stereocenters. The van der Waals surface area contributed by atoms with Gasteiger partial charge in [-0.3, -0.25) is 0 Å². The lowest BCUT2D eigenvalue weighted by Crippen LogP contribution is -2.58. The second kappa shape index (κ2) is 1.34. The maximum Gasteiger partial charge on any atom is 0.106 e. The van der Waals surface area contributed by atoms with Crippen molar-refractivity contribution in [2.24, 2.45) is 11.5 Å². The van der Waals surface area contributed by atoms with E-state index < -0.39 is 5.00 Å². The maximum atomic E-state index is 5.61. The van der Waals surface area contributed by atoms with Gasteiger partial charge in [-0.2, -0.15) is 0 Å². The largest absolute Gasteiger partial charge is 0.325 e. The molecule has 1 saturated carbocycles. The van der Waals surface area contributed by atoms with E-state index in [1.807, 2.05) is 0 Å². The first-order valence-corrected chi connectivity index (χ1v) is 2.74. The molecule has 0 bridgehead atoms. The topological polar surface area (TPSA) is 52.0 Å². The fourth-order valence-electron chi connectivity index (χ4n) is 0.587. The van der Waals surface area contributed by atoms with E-state index in [1.54, 1.807) is 0 Å². The Kier molecular flexibility index (Phi) is 1.02. The van der Waals surface area contributed by atoms with E-state index in [4.69, 9.17) is 23.1 Å². The molecule has 0 spiro atoms. The van der Waals surface area contributed by atoms with Crippen LogP contribution >= 0.6 is 11.6 Å². The molecule has 1 fully saturated rings. The lowest BCUT2D eigenvalue weighted by Gasteiger charge is -2.38. The van der Waals surface area contributed by atoms with Crippen molar-refractivity contribution in [3.8, 4) is 0 Å². The van der Waals surface area contributed by atoms with Crippen LogP contribution in [0.2, 0.25) is 0 Å². The highest BCUT2D eigenvalue weighted by Crippen LogP contribution is 2.31. The Labute approximate surface area is 47.8 Å². The smallest absolute Gasteiger partial charge is 0.106 e. The second-order valence-corrected chi connectivity index (χ2v) is 2.78. The molecule has 0 amide bonds. The molecule has 1 aliphatic carbocycles. The average Bonchev–Trinajstić information content (AvgIpc) is 1.63. The third-order valence-electron chi connectivity index (χ3n) is 1.45. The normalized spacial score (nSPS) is 51.0. The van der Waals surface area contributed by atoms with E-state index in [0.29, 0.717) is 0 Å². The van der Waals surface area contributed by atoms with E-state index in [9.17, 15) is 0 Å². The van der Waals surface area contributed by atoms with Crippen molar-refractivity contribution < 1.29 is 0 Å². The third-order valence-corrected chi connectivity index (χ3v) is 1.92. The highest BCUT2D eigenvalue weighted by molar-refractivity contribution is 6.24. The van der Waals surface area contributed by atoms with Gasteiger partial charge in [-0.1, -0.05) is 0 Å². The molecule has 7 heavy (non-hydrogen) atoms. The van der Waals surface area contributed by atoms with Crippen LogP contribution in [0.4, 0.5) is 0 Å². The Morgan fingerprint density at radius 2 is 2.14 bits per heavy atom. The number of hydrogen-bond acceptors (Lipinski definition) is 2. The van der Waals surface area contributed by atoms with Crippen molar-refractivity contribution in [3.63, 3.8) is 0 Å². The van der Waals surface area contributed by atoms with Crippen LogP contribution < -0.4 is 11.5 Å². The molecule has 0 aromatic heterocycles. The van der Waals surface area contributed by atoms with Crippen molar-refractivity contribution >= 4 is 11.6 Å². The Hall–Kier alpha value is 0.210. The van der Waals surface area contributed by atoms with Crippen LogP contribution in [0, 0.1) is 0 Å². The predicted molar refractivity (Wildman–Crippen MR) is 30.0 cm³/mol. The second-order valence-electron chi connectivity index (χ2n) is 2.07. The van der Waals surface area contributed by atoms with E-state index >= 15 is 0 Å². The fraction of sp³-hybridized carbons (Fsp3) is 1.00. The minimum atomic E-state index is -0.569. The van der Waals surface area contributed by atoms with E-state index in [1.165, 1.54) is 0 Å². The minimum absolute atomic E-state index is 0.0224. The molecule has 0 saturated heterocycles. The first kappa shape index (κ1) is 5.35. The standard InChI is InChI=1S/C4H9ClN2/c5-4(7)2-1-3(4)6/h3H,1-2,6-7H2. The van der Waals surface area contributed by atoms with Gasteiger partial charge in [-0.15, -0.1) is 11.6 Å². The van der Waals surface area contributed by atoms with Crippen LogP contribution in [0.25, 0.3) is 0 Å². The van der Waals surface area contributed by atoms with E-state index in [-0.39, 0.29) is 6.04 Å². The van der Waals surface area contributed by atoms with Gasteiger partial charge in [0.2, 0.25) is 0 Å². The van der Waals surface area contributed by atoms with Crippen molar-refractivity contribution in [1.82, 2.24) is 0 Å². The van der Waals surface area contributed by atoms with E-state index in [0.717, 1.165) is 12.8 Å². The minimum Gasteiger partial charge on any atom is -0.325 e. The van der Waals surface area contributed by atoms with Crippen LogP contribution in [-0.4, -0.2) is 11.0 Å². The van der Waals surface area contributed by atoms with Crippen LogP contribution in [0.1, 0.15) is 12.8 Å². The summed E-state index contributed by atoms with van der Waals surface area (Å²) in [6.45, 7) is 0. The Balaban J connectivity index is 2.43. The predicted octanol–water partition coefficient (Wildman–Crippen LogP) is 0.00130. The van der Waals surface area contributed by atoms with Crippen LogP contribution in [0.5, 0.6) is 0 Å². The zero-order valence-corrected chi connectivity index (χ0v) is 4.78. The van der Waals surface area contributed by atoms with Crippen LogP contribution in [-0.2, 0) is 0 Å². The molecule has 2 unspecified atom stereocenters. The lowest BCUT2D eigenvalue weighted by molar-refractivity contribution is 0.300. The molecule has 0 radical (unpaired) electrons. The zero-order valence-electron chi connectivity index (χ0n) is 4.02. The summed E-state index contributed by atoms with van der Waals surface area (Å²) < 4.78 is 0. The molecule has 1 aliphatic rings. The zero-order chi connectivity index (χ0) is 5.49. The molecular weight excluding hydrogens is 112 g/mol. The number of rotatable bonds is 0. The van der Waals surface area contributed by atoms with Gasteiger partial charge in [-0.25, -0.2) is 0 Å². The number of alkyl halides is 1. The Morgan fingerprint density at radius 1 is 1.71 bits per heavy atom. The first-order valence-electron chi connectivity index (χ1n) is 2.36. The van der Waals surface area contributed by atoms with Gasteiger partial charge in [0.25, 0.3) is 0 Å². The van der Waals surface area contributed by atoms with Crippen molar-refractivity contribution in [1.29, 1.82) is 0 Å². The number of hydrogen-bond donors (Lipinski definition) is 2. The summed E-state index contributed by atoms with van der Waals surface area (Å²) >= 11 is 5.61. The van der Waals surface area contributed by atoms with Gasteiger partial charge < -0.3 is 11.5 Å². The molecular formula is C4H9ClN2. The molecule has 1 rings (SSSR count). The SMILES string of the molecule is NC1CCC1(N)Cl. The number of nitrogens with two attached hydrogens (primary N) is 2. The molecule has 0 aromatic carbocycles. The molecule has 4 N–H and O–H groups in total. The highest BCUT2D eigenvalue weighted by Gasteiger charge is 2.38. The van der Waals surface area contributed by atoms with Gasteiger partial charge >= 0.3 is 0 Å². The summed E-state index contributed by atoms with van der Waals surface area (Å²) in [5.41, 5.74) is 10.8. The maximum absolute atomic E-state index is 5.61. The van der Waals surface area contributed by atoms with E-state index in [2.05, 4.69) is 0 Å². The monoisotopic (exact) mass is 120 g/mol. The Morgan fingerprint density at radius 3 is 2.14 bits per heavy atom. The molecule has 42 valence electrons. The lowest BCUT2D eigenvalue weighted by atomic mass is 9.87. The molecule has 0 aliphatic heterocycles. The van der Waals surface area contributed by atoms with Gasteiger partial charge in [0.05, 0.1) is 0 Å². The third kappa shape index (κ3) is 0.738. The first-order chi connectivity index (χ1) is 3.13. The van der Waals surface area contributed by atoms with Gasteiger partial charge in [-0.05, 0) is 12.8 Å². The van der Waals surface area contributed by atoms with Gasteiger partial charge in [0.15, 0.2) is 0 Å². The molecule has 3 heteroatoms. The molecule has 0 heterocycles. The summed E-state index contributed by atoms with van der Waals surface area (Å²) in [4.78, 5) is -0.569. The van der Waals surface area contributed by atoms with Crippen LogP contribution in [0.3, 0.4) is 0 Å². The number of halogens is 1. The molecule has 0 aromatic rings. The van der Waals surface area contributed by atoms with Crippen molar-refractivity contribution in [3.05, 3.63) is 0 Å². The van der Waals surface area contributed by atoms with Gasteiger partial charge in [0, 0.05) is 6.04 Å². The van der Waals surface area contributed by atoms with Crippen LogP contribution in [0.15, 0.2) is 0 Å². The summed E-state index contributed by atoms with van der Waals surface area (Å²) in [5.74, 6) is 0. The summed E-state index contributed by atoms with van der Waals surface area (Å²) in [7, 11) is 0. The Bertz CT molecular complexity index is 81.8. The average molecular weight is 121 g/mol. The van der Waals surface area contributed by atoms with Crippen molar-refractivity contribution in [2.75, 3.05) is 0 Å². The summed E-state index contributed by atoms with van der Waals surface area (Å²) in [5, 5.41) is 0. The fourth-order valence-corrected chi connectivity index (χ4v) is 0.805. The van der Waals surface area contributed by atoms with Gasteiger partial charge in [0.1, 0.15) is 5.00 Å². The highest BCUT2D eigenvalue weighted by atomic mass is 35.5. The summed E-state index contributed by atoms with van der Waals surface area (Å²) in [6, 6.07) is 0.0224.